The number of anilines is 3. The third kappa shape index (κ3) is 3.65. The molecule has 0 spiro atoms. The largest absolute Gasteiger partial charge is 0.456 e. The molecule has 0 aliphatic heterocycles. The smallest absolute Gasteiger partial charge is 0.136 e. The van der Waals surface area contributed by atoms with Gasteiger partial charge in [0.1, 0.15) is 11.2 Å². The molecule has 0 bridgehead atoms. The van der Waals surface area contributed by atoms with Gasteiger partial charge in [0, 0.05) is 27.4 Å². The third-order valence-corrected chi connectivity index (χ3v) is 7.82. The van der Waals surface area contributed by atoms with Crippen molar-refractivity contribution in [2.24, 2.45) is 0 Å². The third-order valence-electron chi connectivity index (χ3n) is 7.82. The lowest BCUT2D eigenvalue weighted by Crippen LogP contribution is -2.11. The second kappa shape index (κ2) is 9.14. The number of rotatable bonds is 4. The summed E-state index contributed by atoms with van der Waals surface area (Å²) in [6.45, 7) is 0. The van der Waals surface area contributed by atoms with Gasteiger partial charge in [-0.25, -0.2) is 0 Å². The van der Waals surface area contributed by atoms with E-state index in [2.05, 4.69) is 144 Å². The fraction of sp³-hybridized carbons (Fsp3) is 0. The second-order valence-electron chi connectivity index (χ2n) is 10.2. The molecule has 0 unspecified atom stereocenters. The molecule has 188 valence electrons. The number of hydrogen-bond acceptors (Lipinski definition) is 2. The molecule has 0 aliphatic rings. The van der Waals surface area contributed by atoms with Gasteiger partial charge >= 0.3 is 0 Å². The molecule has 7 aromatic carbocycles. The monoisotopic (exact) mass is 511 g/mol. The molecule has 0 fully saturated rings. The molecule has 0 saturated heterocycles. The maximum atomic E-state index is 6.24. The van der Waals surface area contributed by atoms with Crippen LogP contribution in [0.1, 0.15) is 0 Å². The molecule has 0 N–H and O–H groups in total. The Kier molecular flexibility index (Phi) is 5.17. The van der Waals surface area contributed by atoms with Gasteiger partial charge in [0.2, 0.25) is 0 Å². The van der Waals surface area contributed by atoms with Crippen molar-refractivity contribution in [3.63, 3.8) is 0 Å². The summed E-state index contributed by atoms with van der Waals surface area (Å²) in [7, 11) is 0. The van der Waals surface area contributed by atoms with Gasteiger partial charge in [-0.1, -0.05) is 109 Å². The van der Waals surface area contributed by atoms with E-state index in [1.54, 1.807) is 0 Å². The summed E-state index contributed by atoms with van der Waals surface area (Å²) in [4.78, 5) is 2.41. The molecule has 1 aromatic heterocycles. The number of benzene rings is 7. The molecule has 2 heteroatoms. The Morgan fingerprint density at radius 1 is 0.400 bits per heavy atom. The fourth-order valence-electron chi connectivity index (χ4n) is 5.93. The minimum Gasteiger partial charge on any atom is -0.456 e. The zero-order valence-electron chi connectivity index (χ0n) is 21.8. The van der Waals surface area contributed by atoms with Crippen LogP contribution < -0.4 is 4.90 Å². The van der Waals surface area contributed by atoms with Crippen molar-refractivity contribution in [1.29, 1.82) is 0 Å². The van der Waals surface area contributed by atoms with Crippen LogP contribution >= 0.6 is 0 Å². The Hall–Kier alpha value is -5.34. The van der Waals surface area contributed by atoms with Crippen LogP contribution in [0.3, 0.4) is 0 Å². The summed E-state index contributed by atoms with van der Waals surface area (Å²) in [6, 6.07) is 53.9. The van der Waals surface area contributed by atoms with Gasteiger partial charge in [-0.2, -0.15) is 0 Å². The molecule has 2 nitrogen and oxygen atoms in total. The molecule has 0 aliphatic carbocycles. The lowest BCUT2D eigenvalue weighted by Gasteiger charge is -2.29. The average molecular weight is 512 g/mol. The quantitative estimate of drug-likeness (QED) is 0.234. The van der Waals surface area contributed by atoms with Gasteiger partial charge in [0.25, 0.3) is 0 Å². The van der Waals surface area contributed by atoms with E-state index < -0.39 is 0 Å². The Morgan fingerprint density at radius 3 is 2.05 bits per heavy atom. The molecular formula is C38H25NO. The van der Waals surface area contributed by atoms with Crippen LogP contribution in [0, 0.1) is 0 Å². The summed E-state index contributed by atoms with van der Waals surface area (Å²) in [5.74, 6) is 0. The first kappa shape index (κ1) is 22.6. The first-order chi connectivity index (χ1) is 19.8. The van der Waals surface area contributed by atoms with Gasteiger partial charge in [-0.05, 0) is 64.2 Å². The minimum absolute atomic E-state index is 0.910. The summed E-state index contributed by atoms with van der Waals surface area (Å²) in [5, 5.41) is 7.03. The highest BCUT2D eigenvalue weighted by Crippen LogP contribution is 2.45. The molecule has 0 saturated carbocycles. The van der Waals surface area contributed by atoms with Crippen molar-refractivity contribution >= 4 is 60.5 Å². The Labute approximate surface area is 232 Å². The summed E-state index contributed by atoms with van der Waals surface area (Å²) in [6.07, 6.45) is 0. The first-order valence-electron chi connectivity index (χ1n) is 13.6. The average Bonchev–Trinajstić information content (AvgIpc) is 3.38. The molecule has 1 heterocycles. The van der Waals surface area contributed by atoms with E-state index in [-0.39, 0.29) is 0 Å². The van der Waals surface area contributed by atoms with E-state index in [4.69, 9.17) is 4.42 Å². The van der Waals surface area contributed by atoms with Crippen LogP contribution in [0.2, 0.25) is 0 Å². The highest BCUT2D eigenvalue weighted by Gasteiger charge is 2.20. The van der Waals surface area contributed by atoms with E-state index in [0.29, 0.717) is 0 Å². The molecule has 0 atom stereocenters. The van der Waals surface area contributed by atoms with Crippen LogP contribution in [0.5, 0.6) is 0 Å². The molecule has 40 heavy (non-hydrogen) atoms. The molecule has 0 radical (unpaired) electrons. The van der Waals surface area contributed by atoms with E-state index in [1.165, 1.54) is 27.3 Å². The van der Waals surface area contributed by atoms with Crippen molar-refractivity contribution in [2.75, 3.05) is 4.90 Å². The number of para-hydroxylation sites is 2. The summed E-state index contributed by atoms with van der Waals surface area (Å²) >= 11 is 0. The highest BCUT2D eigenvalue weighted by molar-refractivity contribution is 6.13. The van der Waals surface area contributed by atoms with Crippen LogP contribution in [0.25, 0.3) is 54.6 Å². The molecule has 8 aromatic rings. The Morgan fingerprint density at radius 2 is 1.12 bits per heavy atom. The summed E-state index contributed by atoms with van der Waals surface area (Å²) in [5.41, 5.74) is 7.57. The second-order valence-corrected chi connectivity index (χ2v) is 10.2. The van der Waals surface area contributed by atoms with Crippen LogP contribution in [0.4, 0.5) is 17.1 Å². The Bertz CT molecular complexity index is 2170. The van der Waals surface area contributed by atoms with E-state index >= 15 is 0 Å². The lowest BCUT2D eigenvalue weighted by molar-refractivity contribution is 0.669. The van der Waals surface area contributed by atoms with Crippen LogP contribution in [-0.2, 0) is 0 Å². The van der Waals surface area contributed by atoms with Gasteiger partial charge in [-0.15, -0.1) is 0 Å². The van der Waals surface area contributed by atoms with Crippen molar-refractivity contribution in [2.45, 2.75) is 0 Å². The zero-order chi connectivity index (χ0) is 26.5. The molecular weight excluding hydrogens is 486 g/mol. The van der Waals surface area contributed by atoms with Gasteiger partial charge in [0.15, 0.2) is 0 Å². The van der Waals surface area contributed by atoms with E-state index in [0.717, 1.165) is 44.4 Å². The maximum Gasteiger partial charge on any atom is 0.136 e. The van der Waals surface area contributed by atoms with E-state index in [1.807, 2.05) is 12.1 Å². The zero-order valence-corrected chi connectivity index (χ0v) is 21.8. The highest BCUT2D eigenvalue weighted by atomic mass is 16.3. The maximum absolute atomic E-state index is 6.24. The number of fused-ring (bicyclic) bond motifs is 5. The molecule has 0 amide bonds. The normalized spacial score (nSPS) is 11.5. The first-order valence-corrected chi connectivity index (χ1v) is 13.6. The Balaban J connectivity index is 1.45. The van der Waals surface area contributed by atoms with Crippen molar-refractivity contribution in [1.82, 2.24) is 0 Å². The van der Waals surface area contributed by atoms with Crippen molar-refractivity contribution in [3.8, 4) is 11.1 Å². The number of hydrogen-bond donors (Lipinski definition) is 0. The van der Waals surface area contributed by atoms with Gasteiger partial charge < -0.3 is 9.32 Å². The lowest BCUT2D eigenvalue weighted by atomic mass is 9.99. The predicted molar refractivity (Wildman–Crippen MR) is 169 cm³/mol. The van der Waals surface area contributed by atoms with Crippen molar-refractivity contribution in [3.05, 3.63) is 152 Å². The summed E-state index contributed by atoms with van der Waals surface area (Å²) < 4.78 is 6.24. The van der Waals surface area contributed by atoms with Gasteiger partial charge in [0.05, 0.1) is 11.4 Å². The number of nitrogens with zero attached hydrogens (tertiary/aromatic N) is 1. The van der Waals surface area contributed by atoms with Gasteiger partial charge in [-0.3, -0.25) is 0 Å². The molecule has 8 rings (SSSR count). The van der Waals surface area contributed by atoms with E-state index in [9.17, 15) is 0 Å². The topological polar surface area (TPSA) is 16.4 Å². The predicted octanol–water partition coefficient (Wildman–Crippen LogP) is 11.0. The standard InChI is InChI=1S/C38H25NO/c1-2-12-27(13-3-1)31-16-6-8-18-35(31)39(30-22-21-26-11-4-5-14-28(26)23-30)36-19-10-15-29-24-38-34(25-33(29)36)32-17-7-9-20-37(32)40-38/h1-25H. The van der Waals surface area contributed by atoms with Crippen LogP contribution in [-0.4, -0.2) is 0 Å². The van der Waals surface area contributed by atoms with Crippen LogP contribution in [0.15, 0.2) is 156 Å². The number of furan rings is 1. The van der Waals surface area contributed by atoms with Crippen molar-refractivity contribution < 1.29 is 4.42 Å². The SMILES string of the molecule is c1ccc(-c2ccccc2N(c2ccc3ccccc3c2)c2cccc3cc4oc5ccccc5c4cc23)cc1. The fourth-order valence-corrected chi connectivity index (χ4v) is 5.93. The minimum atomic E-state index is 0.910.